The van der Waals surface area contributed by atoms with Crippen LogP contribution in [-0.4, -0.2) is 31.5 Å². The maximum atomic E-state index is 13.1. The molecule has 146 valence electrons. The molecule has 2 aromatic carbocycles. The van der Waals surface area contributed by atoms with E-state index < -0.39 is 21.9 Å². The van der Waals surface area contributed by atoms with Crippen molar-refractivity contribution in [2.45, 2.75) is 13.5 Å². The molecule has 0 unspecified atom stereocenters. The Bertz CT molecular complexity index is 1050. The topological polar surface area (TPSA) is 88.1 Å². The molecule has 9 heteroatoms. The van der Waals surface area contributed by atoms with Gasteiger partial charge >= 0.3 is 10.2 Å². The Morgan fingerprint density at radius 2 is 1.79 bits per heavy atom. The predicted octanol–water partition coefficient (Wildman–Crippen LogP) is 2.88. The number of nitrogens with zero attached hydrogens (tertiary/aromatic N) is 2. The third-order valence-electron chi connectivity index (χ3n) is 4.06. The van der Waals surface area contributed by atoms with E-state index in [-0.39, 0.29) is 17.8 Å². The van der Waals surface area contributed by atoms with Crippen molar-refractivity contribution >= 4 is 27.5 Å². The van der Waals surface area contributed by atoms with E-state index in [0.29, 0.717) is 17.0 Å². The molecule has 3 rings (SSSR count). The normalized spacial score (nSPS) is 15.5. The molecule has 1 aliphatic heterocycles. The first-order valence-corrected chi connectivity index (χ1v) is 9.68. The highest BCUT2D eigenvalue weighted by molar-refractivity contribution is 7.88. The van der Waals surface area contributed by atoms with E-state index >= 15 is 0 Å². The maximum Gasteiger partial charge on any atom is 0.344 e. The average molecular weight is 403 g/mol. The van der Waals surface area contributed by atoms with Gasteiger partial charge in [-0.15, -0.1) is 4.40 Å². The third-order valence-corrected chi connectivity index (χ3v) is 5.39. The van der Waals surface area contributed by atoms with Crippen molar-refractivity contribution in [2.75, 3.05) is 12.4 Å². The van der Waals surface area contributed by atoms with Gasteiger partial charge in [-0.1, -0.05) is 12.1 Å². The van der Waals surface area contributed by atoms with Gasteiger partial charge < -0.3 is 10.1 Å². The van der Waals surface area contributed by atoms with E-state index in [2.05, 4.69) is 9.71 Å². The molecular weight excluding hydrogens is 385 g/mol. The first kappa shape index (κ1) is 19.6. The molecule has 0 aliphatic carbocycles. The average Bonchev–Trinajstić information content (AvgIpc) is 2.65. The molecule has 1 heterocycles. The Balaban J connectivity index is 1.83. The lowest BCUT2D eigenvalue weighted by Gasteiger charge is -2.23. The van der Waals surface area contributed by atoms with Crippen molar-refractivity contribution in [2.24, 2.45) is 4.40 Å². The standard InChI is InChI=1S/C19H18FN3O4S/c1-13-18(19(24)21-16-7-9-17(27-2)10-8-16)12-23(28(25,26)22-13)11-14-3-5-15(20)6-4-14/h3-10,12H,11H2,1-2H3,(H,21,24). The zero-order chi connectivity index (χ0) is 20.3. The van der Waals surface area contributed by atoms with Crippen molar-refractivity contribution in [3.05, 3.63) is 71.7 Å². The van der Waals surface area contributed by atoms with Gasteiger partial charge in [0.15, 0.2) is 0 Å². The number of carbonyl (C=O) groups is 1. The summed E-state index contributed by atoms with van der Waals surface area (Å²) in [6.07, 6.45) is 1.24. The number of benzene rings is 2. The van der Waals surface area contributed by atoms with Gasteiger partial charge in [0.05, 0.1) is 24.9 Å². The molecule has 0 saturated heterocycles. The van der Waals surface area contributed by atoms with Gasteiger partial charge in [-0.25, -0.2) is 4.39 Å². The molecule has 1 aliphatic rings. The Kier molecular flexibility index (Phi) is 5.46. The summed E-state index contributed by atoms with van der Waals surface area (Å²) in [5, 5.41) is 2.70. The third kappa shape index (κ3) is 4.37. The summed E-state index contributed by atoms with van der Waals surface area (Å²) in [4.78, 5) is 12.6. The summed E-state index contributed by atoms with van der Waals surface area (Å²) in [5.74, 6) is -0.274. The maximum absolute atomic E-state index is 13.1. The second kappa shape index (κ2) is 7.81. The molecule has 7 nitrogen and oxygen atoms in total. The van der Waals surface area contributed by atoms with Gasteiger partial charge in [-0.05, 0) is 48.9 Å². The van der Waals surface area contributed by atoms with Crippen LogP contribution in [0.25, 0.3) is 0 Å². The minimum atomic E-state index is -3.97. The van der Waals surface area contributed by atoms with Crippen LogP contribution in [0.1, 0.15) is 12.5 Å². The van der Waals surface area contributed by atoms with Crippen molar-refractivity contribution in [1.82, 2.24) is 4.31 Å². The smallest absolute Gasteiger partial charge is 0.344 e. The fourth-order valence-electron chi connectivity index (χ4n) is 2.57. The molecule has 0 bridgehead atoms. The van der Waals surface area contributed by atoms with Gasteiger partial charge in [0.1, 0.15) is 11.6 Å². The number of hydrogen-bond acceptors (Lipinski definition) is 4. The minimum absolute atomic E-state index is 0.0707. The molecule has 0 aromatic heterocycles. The van der Waals surface area contributed by atoms with Crippen LogP contribution in [0.3, 0.4) is 0 Å². The Labute approximate surface area is 162 Å². The minimum Gasteiger partial charge on any atom is -0.497 e. The summed E-state index contributed by atoms with van der Waals surface area (Å²) >= 11 is 0. The molecule has 1 amide bonds. The molecule has 2 aromatic rings. The summed E-state index contributed by atoms with van der Waals surface area (Å²) in [6, 6.07) is 12.1. The van der Waals surface area contributed by atoms with Crippen LogP contribution in [0.5, 0.6) is 5.75 Å². The van der Waals surface area contributed by atoms with Crippen LogP contribution in [0, 0.1) is 5.82 Å². The molecule has 0 radical (unpaired) electrons. The van der Waals surface area contributed by atoms with Gasteiger partial charge in [0.2, 0.25) is 0 Å². The van der Waals surface area contributed by atoms with E-state index in [4.69, 9.17) is 4.74 Å². The second-order valence-corrected chi connectivity index (χ2v) is 7.60. The fraction of sp³-hybridized carbons (Fsp3) is 0.158. The largest absolute Gasteiger partial charge is 0.497 e. The molecule has 0 saturated carbocycles. The van der Waals surface area contributed by atoms with Crippen LogP contribution in [-0.2, 0) is 21.5 Å². The van der Waals surface area contributed by atoms with Crippen molar-refractivity contribution in [1.29, 1.82) is 0 Å². The summed E-state index contributed by atoms with van der Waals surface area (Å²) in [5.41, 5.74) is 1.29. The van der Waals surface area contributed by atoms with Crippen molar-refractivity contribution < 1.29 is 22.3 Å². The van der Waals surface area contributed by atoms with Crippen molar-refractivity contribution in [3.63, 3.8) is 0 Å². The van der Waals surface area contributed by atoms with E-state index in [0.717, 1.165) is 4.31 Å². The van der Waals surface area contributed by atoms with Gasteiger partial charge in [0, 0.05) is 11.9 Å². The number of anilines is 1. The molecule has 0 atom stereocenters. The Hall–Kier alpha value is -3.20. The molecule has 28 heavy (non-hydrogen) atoms. The van der Waals surface area contributed by atoms with Gasteiger partial charge in [-0.3, -0.25) is 9.10 Å². The van der Waals surface area contributed by atoms with Crippen LogP contribution in [0.4, 0.5) is 10.1 Å². The summed E-state index contributed by atoms with van der Waals surface area (Å²) in [6.45, 7) is 1.38. The quantitative estimate of drug-likeness (QED) is 0.832. The lowest BCUT2D eigenvalue weighted by Crippen LogP contribution is -2.32. The highest BCUT2D eigenvalue weighted by atomic mass is 32.2. The zero-order valence-electron chi connectivity index (χ0n) is 15.2. The van der Waals surface area contributed by atoms with Crippen LogP contribution < -0.4 is 10.1 Å². The molecule has 1 N–H and O–H groups in total. The van der Waals surface area contributed by atoms with E-state index in [1.165, 1.54) is 44.5 Å². The first-order chi connectivity index (χ1) is 13.3. The lowest BCUT2D eigenvalue weighted by molar-refractivity contribution is -0.112. The molecule has 0 fully saturated rings. The first-order valence-electron chi connectivity index (χ1n) is 8.29. The predicted molar refractivity (Wildman–Crippen MR) is 104 cm³/mol. The zero-order valence-corrected chi connectivity index (χ0v) is 16.0. The number of methoxy groups -OCH3 is 1. The van der Waals surface area contributed by atoms with E-state index in [1.54, 1.807) is 24.3 Å². The lowest BCUT2D eigenvalue weighted by atomic mass is 10.1. The highest BCUT2D eigenvalue weighted by Crippen LogP contribution is 2.21. The molecule has 0 spiro atoms. The fourth-order valence-corrected chi connectivity index (χ4v) is 3.67. The monoisotopic (exact) mass is 403 g/mol. The highest BCUT2D eigenvalue weighted by Gasteiger charge is 2.28. The van der Waals surface area contributed by atoms with Gasteiger partial charge in [0.25, 0.3) is 5.91 Å². The summed E-state index contributed by atoms with van der Waals surface area (Å²) in [7, 11) is -2.44. The summed E-state index contributed by atoms with van der Waals surface area (Å²) < 4.78 is 47.4. The Morgan fingerprint density at radius 3 is 2.39 bits per heavy atom. The number of amides is 1. The number of rotatable bonds is 5. The van der Waals surface area contributed by atoms with E-state index in [1.807, 2.05) is 0 Å². The van der Waals surface area contributed by atoms with E-state index in [9.17, 15) is 17.6 Å². The second-order valence-electron chi connectivity index (χ2n) is 6.05. The SMILES string of the molecule is COc1ccc(NC(=O)C2=CN(Cc3ccc(F)cc3)S(=O)(=O)N=C2C)cc1. The number of hydrogen-bond donors (Lipinski definition) is 1. The van der Waals surface area contributed by atoms with Crippen LogP contribution in [0.15, 0.2) is 64.7 Å². The Morgan fingerprint density at radius 1 is 1.14 bits per heavy atom. The van der Waals surface area contributed by atoms with Crippen molar-refractivity contribution in [3.8, 4) is 5.75 Å². The number of ether oxygens (including phenoxy) is 1. The van der Waals surface area contributed by atoms with Gasteiger partial charge in [-0.2, -0.15) is 8.42 Å². The number of halogens is 1. The van der Waals surface area contributed by atoms with Crippen LogP contribution >= 0.6 is 0 Å². The molecular formula is C19H18FN3O4S. The number of nitrogens with one attached hydrogen (secondary N) is 1. The van der Waals surface area contributed by atoms with Crippen LogP contribution in [0.2, 0.25) is 0 Å². The number of carbonyl (C=O) groups excluding carboxylic acids is 1.